The maximum Gasteiger partial charge on any atom is 0.209 e. The van der Waals surface area contributed by atoms with Crippen LogP contribution in [-0.2, 0) is 0 Å². The van der Waals surface area contributed by atoms with Crippen molar-refractivity contribution in [2.24, 2.45) is 4.99 Å². The van der Waals surface area contributed by atoms with Crippen molar-refractivity contribution in [2.75, 3.05) is 6.61 Å². The van der Waals surface area contributed by atoms with Crippen LogP contribution in [0.4, 0.5) is 5.13 Å². The molecule has 0 radical (unpaired) electrons. The highest BCUT2D eigenvalue weighted by Gasteiger charge is 2.15. The molecule has 1 heterocycles. The normalized spacial score (nSPS) is 14.9. The van der Waals surface area contributed by atoms with E-state index in [2.05, 4.69) is 46.2 Å². The molecule has 0 N–H and O–H groups in total. The van der Waals surface area contributed by atoms with Gasteiger partial charge in [-0.25, -0.2) is 9.98 Å². The second-order valence-electron chi connectivity index (χ2n) is 7.40. The van der Waals surface area contributed by atoms with Gasteiger partial charge in [0.15, 0.2) is 0 Å². The van der Waals surface area contributed by atoms with Crippen LogP contribution in [0.3, 0.4) is 0 Å². The molecule has 0 spiro atoms. The Kier molecular flexibility index (Phi) is 6.52. The van der Waals surface area contributed by atoms with Crippen LogP contribution in [0.5, 0.6) is 5.75 Å². The van der Waals surface area contributed by atoms with E-state index in [0.717, 1.165) is 33.6 Å². The van der Waals surface area contributed by atoms with Crippen molar-refractivity contribution >= 4 is 22.7 Å². The Balaban J connectivity index is 1.40. The first-order chi connectivity index (χ1) is 14.3. The van der Waals surface area contributed by atoms with Gasteiger partial charge in [0.1, 0.15) is 12.4 Å². The Morgan fingerprint density at radius 2 is 1.79 bits per heavy atom. The lowest BCUT2D eigenvalue weighted by molar-refractivity contribution is 0.363. The lowest BCUT2D eigenvalue weighted by atomic mass is 9.84. The second-order valence-corrected chi connectivity index (χ2v) is 8.24. The van der Waals surface area contributed by atoms with Crippen LogP contribution in [0, 0.1) is 0 Å². The number of ether oxygens (including phenoxy) is 1. The average Bonchev–Trinajstić information content (AvgIpc) is 3.27. The molecule has 0 atom stereocenters. The van der Waals surface area contributed by atoms with Gasteiger partial charge in [0, 0.05) is 17.2 Å². The first-order valence-corrected chi connectivity index (χ1v) is 11.1. The van der Waals surface area contributed by atoms with Gasteiger partial charge in [-0.05, 0) is 54.2 Å². The van der Waals surface area contributed by atoms with Gasteiger partial charge in [0.25, 0.3) is 0 Å². The standard InChI is InChI=1S/C25H26N2OS/c1-2-16-28-23-14-8-19(9-15-23)17-26-25-27-24(18-29-25)22-12-10-21(11-13-22)20-6-4-3-5-7-20/h2,8-15,17-18,20H,1,3-7,16H2. The molecule has 1 aromatic heterocycles. The molecule has 4 rings (SSSR count). The summed E-state index contributed by atoms with van der Waals surface area (Å²) in [5, 5.41) is 2.84. The van der Waals surface area contributed by atoms with E-state index in [-0.39, 0.29) is 0 Å². The molecule has 1 aliphatic carbocycles. The third kappa shape index (κ3) is 5.21. The van der Waals surface area contributed by atoms with Crippen LogP contribution in [0.25, 0.3) is 11.3 Å². The van der Waals surface area contributed by atoms with Crippen LogP contribution in [0.15, 0.2) is 71.6 Å². The number of hydrogen-bond acceptors (Lipinski definition) is 4. The smallest absolute Gasteiger partial charge is 0.209 e. The minimum Gasteiger partial charge on any atom is -0.490 e. The van der Waals surface area contributed by atoms with E-state index in [0.29, 0.717) is 6.61 Å². The molecule has 2 aromatic carbocycles. The molecule has 0 bridgehead atoms. The van der Waals surface area contributed by atoms with Gasteiger partial charge < -0.3 is 4.74 Å². The predicted molar refractivity (Wildman–Crippen MR) is 123 cm³/mol. The fourth-order valence-corrected chi connectivity index (χ4v) is 4.42. The minimum atomic E-state index is 0.511. The number of benzene rings is 2. The Morgan fingerprint density at radius 1 is 1.03 bits per heavy atom. The van der Waals surface area contributed by atoms with Crippen LogP contribution < -0.4 is 4.74 Å². The van der Waals surface area contributed by atoms with Gasteiger partial charge in [0.05, 0.1) is 5.69 Å². The maximum absolute atomic E-state index is 5.50. The summed E-state index contributed by atoms with van der Waals surface area (Å²) in [5.74, 6) is 1.57. The third-order valence-corrected chi connectivity index (χ3v) is 6.10. The minimum absolute atomic E-state index is 0.511. The van der Waals surface area contributed by atoms with Crippen LogP contribution >= 0.6 is 11.3 Å². The molecule has 1 saturated carbocycles. The number of thiazole rings is 1. The molecule has 1 fully saturated rings. The number of aromatic nitrogens is 1. The highest BCUT2D eigenvalue weighted by molar-refractivity contribution is 7.13. The zero-order valence-corrected chi connectivity index (χ0v) is 17.4. The number of rotatable bonds is 7. The number of aliphatic imine (C=N–C) groups is 1. The Hall–Kier alpha value is -2.72. The van der Waals surface area contributed by atoms with E-state index in [1.54, 1.807) is 17.4 Å². The zero-order valence-electron chi connectivity index (χ0n) is 16.6. The van der Waals surface area contributed by atoms with Gasteiger partial charge in [-0.3, -0.25) is 0 Å². The third-order valence-electron chi connectivity index (χ3n) is 5.35. The molecule has 148 valence electrons. The predicted octanol–water partition coefficient (Wildman–Crippen LogP) is 7.17. The van der Waals surface area contributed by atoms with Gasteiger partial charge in [-0.2, -0.15) is 0 Å². The molecule has 29 heavy (non-hydrogen) atoms. The van der Waals surface area contributed by atoms with E-state index in [9.17, 15) is 0 Å². The summed E-state index contributed by atoms with van der Waals surface area (Å²) in [6.45, 7) is 4.16. The molecule has 0 aliphatic heterocycles. The molecule has 0 unspecified atom stereocenters. The van der Waals surface area contributed by atoms with E-state index in [1.807, 2.05) is 30.5 Å². The number of hydrogen-bond donors (Lipinski definition) is 0. The molecular weight excluding hydrogens is 376 g/mol. The summed E-state index contributed by atoms with van der Waals surface area (Å²) in [6.07, 6.45) is 10.4. The van der Waals surface area contributed by atoms with E-state index >= 15 is 0 Å². The molecule has 4 heteroatoms. The molecule has 1 aliphatic rings. The Labute approximate surface area is 176 Å². The summed E-state index contributed by atoms with van der Waals surface area (Å²) < 4.78 is 5.50. The van der Waals surface area contributed by atoms with Crippen molar-refractivity contribution in [3.05, 3.63) is 77.7 Å². The van der Waals surface area contributed by atoms with Gasteiger partial charge in [-0.15, -0.1) is 11.3 Å². The summed E-state index contributed by atoms with van der Waals surface area (Å²) in [6, 6.07) is 16.8. The lowest BCUT2D eigenvalue weighted by Gasteiger charge is -2.22. The average molecular weight is 403 g/mol. The van der Waals surface area contributed by atoms with Crippen molar-refractivity contribution in [2.45, 2.75) is 38.0 Å². The lowest BCUT2D eigenvalue weighted by Crippen LogP contribution is -2.04. The number of nitrogens with zero attached hydrogens (tertiary/aromatic N) is 2. The first-order valence-electron chi connectivity index (χ1n) is 10.3. The highest BCUT2D eigenvalue weighted by Crippen LogP contribution is 2.34. The largest absolute Gasteiger partial charge is 0.490 e. The van der Waals surface area contributed by atoms with Crippen LogP contribution in [0.2, 0.25) is 0 Å². The van der Waals surface area contributed by atoms with Crippen molar-refractivity contribution in [1.82, 2.24) is 4.98 Å². The summed E-state index contributed by atoms with van der Waals surface area (Å²) in [7, 11) is 0. The van der Waals surface area contributed by atoms with Crippen molar-refractivity contribution < 1.29 is 4.74 Å². The maximum atomic E-state index is 5.50. The van der Waals surface area contributed by atoms with Gasteiger partial charge >= 0.3 is 0 Å². The topological polar surface area (TPSA) is 34.5 Å². The fourth-order valence-electron chi connectivity index (χ4n) is 3.75. The van der Waals surface area contributed by atoms with Crippen molar-refractivity contribution in [3.8, 4) is 17.0 Å². The Bertz CT molecular complexity index is 951. The second kappa shape index (κ2) is 9.66. The first kappa shape index (κ1) is 19.6. The van der Waals surface area contributed by atoms with Crippen LogP contribution in [-0.4, -0.2) is 17.8 Å². The zero-order chi connectivity index (χ0) is 19.9. The van der Waals surface area contributed by atoms with Gasteiger partial charge in [0.2, 0.25) is 5.13 Å². The van der Waals surface area contributed by atoms with E-state index in [1.165, 1.54) is 37.7 Å². The molecule has 0 saturated heterocycles. The Morgan fingerprint density at radius 3 is 2.52 bits per heavy atom. The van der Waals surface area contributed by atoms with E-state index < -0.39 is 0 Å². The molecule has 3 aromatic rings. The molecular formula is C25H26N2OS. The fraction of sp³-hybridized carbons (Fsp3) is 0.280. The van der Waals surface area contributed by atoms with E-state index in [4.69, 9.17) is 4.74 Å². The molecule has 0 amide bonds. The molecule has 3 nitrogen and oxygen atoms in total. The van der Waals surface area contributed by atoms with Crippen LogP contribution in [0.1, 0.15) is 49.1 Å². The monoisotopic (exact) mass is 402 g/mol. The van der Waals surface area contributed by atoms with Crippen molar-refractivity contribution in [1.29, 1.82) is 0 Å². The van der Waals surface area contributed by atoms with Crippen molar-refractivity contribution in [3.63, 3.8) is 0 Å². The summed E-state index contributed by atoms with van der Waals surface area (Å²) >= 11 is 1.57. The van der Waals surface area contributed by atoms with Gasteiger partial charge in [-0.1, -0.05) is 56.2 Å². The summed E-state index contributed by atoms with van der Waals surface area (Å²) in [5.41, 5.74) is 4.64. The quantitative estimate of drug-likeness (QED) is 0.310. The highest BCUT2D eigenvalue weighted by atomic mass is 32.1. The summed E-state index contributed by atoms with van der Waals surface area (Å²) in [4.78, 5) is 9.21. The SMILES string of the molecule is C=CCOc1ccc(C=Nc2nc(-c3ccc(C4CCCCC4)cc3)cs2)cc1.